The zero-order chi connectivity index (χ0) is 18.4. The summed E-state index contributed by atoms with van der Waals surface area (Å²) in [6.45, 7) is 1.21. The van der Waals surface area contributed by atoms with E-state index in [1.54, 1.807) is 6.92 Å². The number of imide groups is 1. The molecule has 134 valence electrons. The third-order valence-corrected chi connectivity index (χ3v) is 5.26. The summed E-state index contributed by atoms with van der Waals surface area (Å²) in [5.74, 6) is -3.89. The molecule has 0 unspecified atom stereocenters. The van der Waals surface area contributed by atoms with Crippen LogP contribution in [0.5, 0.6) is 0 Å². The van der Waals surface area contributed by atoms with Gasteiger partial charge in [0.2, 0.25) is 17.4 Å². The number of hydrogen-bond donors (Lipinski definition) is 2. The van der Waals surface area contributed by atoms with E-state index in [4.69, 9.17) is 4.74 Å². The predicted molar refractivity (Wildman–Crippen MR) is 82.3 cm³/mol. The monoisotopic (exact) mass is 351 g/mol. The van der Waals surface area contributed by atoms with E-state index in [1.807, 2.05) is 0 Å². The van der Waals surface area contributed by atoms with Gasteiger partial charge in [0, 0.05) is 12.1 Å². The fraction of sp³-hybridized carbons (Fsp3) is 0.471. The highest BCUT2D eigenvalue weighted by molar-refractivity contribution is 6.08. The van der Waals surface area contributed by atoms with Gasteiger partial charge in [-0.2, -0.15) is 0 Å². The van der Waals surface area contributed by atoms with Gasteiger partial charge in [-0.25, -0.2) is 9.18 Å². The molecular weight excluding hydrogens is 331 g/mol. The SMILES string of the molecule is CCN1C(=O)[C@H]2[C@@H](c3ccc(F)cc3)[NH2+][C@@](CO)(C(=O)OC)[C@@H]2C1=O. The number of carbonyl (C=O) groups is 3. The van der Waals surface area contributed by atoms with Gasteiger partial charge in [-0.05, 0) is 19.1 Å². The molecule has 0 bridgehead atoms. The standard InChI is InChI=1S/C17H19FN2O5/c1-3-20-14(22)11-12(15(20)23)17(8-21,16(24)25-2)19-13(11)9-4-6-10(18)7-5-9/h4-7,11-13,19,21H,3,8H2,1-2H3/p+1/t11-,12+,13-,17-/m1/s1. The molecule has 2 heterocycles. The van der Waals surface area contributed by atoms with Crippen LogP contribution in [0, 0.1) is 17.7 Å². The summed E-state index contributed by atoms with van der Waals surface area (Å²) in [7, 11) is 1.17. The maximum atomic E-state index is 13.2. The van der Waals surface area contributed by atoms with Crippen LogP contribution in [0.1, 0.15) is 18.5 Å². The first-order valence-corrected chi connectivity index (χ1v) is 8.07. The highest BCUT2D eigenvalue weighted by atomic mass is 19.1. The largest absolute Gasteiger partial charge is 0.464 e. The summed E-state index contributed by atoms with van der Waals surface area (Å²) in [4.78, 5) is 39.1. The summed E-state index contributed by atoms with van der Waals surface area (Å²) < 4.78 is 18.1. The van der Waals surface area contributed by atoms with Crippen LogP contribution in [0.3, 0.4) is 0 Å². The van der Waals surface area contributed by atoms with Crippen molar-refractivity contribution >= 4 is 17.8 Å². The highest BCUT2D eigenvalue weighted by Crippen LogP contribution is 2.44. The number of halogens is 1. The number of hydrogen-bond acceptors (Lipinski definition) is 5. The number of aliphatic hydroxyl groups is 1. The van der Waals surface area contributed by atoms with Gasteiger partial charge in [0.15, 0.2) is 0 Å². The molecule has 3 rings (SSSR count). The fourth-order valence-corrected chi connectivity index (χ4v) is 4.08. The van der Waals surface area contributed by atoms with E-state index in [0.717, 1.165) is 4.90 Å². The predicted octanol–water partition coefficient (Wildman–Crippen LogP) is -1.03. The van der Waals surface area contributed by atoms with Crippen LogP contribution in [0.4, 0.5) is 4.39 Å². The van der Waals surface area contributed by atoms with E-state index in [2.05, 4.69) is 0 Å². The molecule has 2 aliphatic rings. The van der Waals surface area contributed by atoms with Crippen molar-refractivity contribution in [3.05, 3.63) is 35.6 Å². The van der Waals surface area contributed by atoms with Gasteiger partial charge in [0.1, 0.15) is 30.3 Å². The van der Waals surface area contributed by atoms with E-state index in [-0.39, 0.29) is 12.5 Å². The van der Waals surface area contributed by atoms with Crippen LogP contribution in [-0.2, 0) is 19.1 Å². The molecule has 2 aliphatic heterocycles. The molecule has 3 N–H and O–H groups in total. The third kappa shape index (κ3) is 2.36. The first kappa shape index (κ1) is 17.5. The summed E-state index contributed by atoms with van der Waals surface area (Å²) >= 11 is 0. The minimum absolute atomic E-state index is 0.184. The summed E-state index contributed by atoms with van der Waals surface area (Å²) in [6.07, 6.45) is 0. The molecule has 0 aromatic heterocycles. The molecule has 25 heavy (non-hydrogen) atoms. The lowest BCUT2D eigenvalue weighted by Gasteiger charge is -2.27. The molecule has 8 heteroatoms. The average Bonchev–Trinajstić information content (AvgIpc) is 3.10. The molecule has 0 saturated carbocycles. The topological polar surface area (TPSA) is 101 Å². The molecule has 2 fully saturated rings. The first-order chi connectivity index (χ1) is 11.9. The second-order valence-corrected chi connectivity index (χ2v) is 6.36. The lowest BCUT2D eigenvalue weighted by molar-refractivity contribution is -0.735. The Morgan fingerprint density at radius 2 is 1.96 bits per heavy atom. The van der Waals surface area contributed by atoms with E-state index < -0.39 is 47.7 Å². The Morgan fingerprint density at radius 3 is 2.48 bits per heavy atom. The maximum absolute atomic E-state index is 13.2. The van der Waals surface area contributed by atoms with Crippen molar-refractivity contribution < 1.29 is 33.9 Å². The highest BCUT2D eigenvalue weighted by Gasteiger charge is 2.72. The number of rotatable bonds is 4. The zero-order valence-corrected chi connectivity index (χ0v) is 13.9. The summed E-state index contributed by atoms with van der Waals surface area (Å²) in [5.41, 5.74) is -0.982. The number of methoxy groups -OCH3 is 1. The van der Waals surface area contributed by atoms with Crippen LogP contribution in [0.15, 0.2) is 24.3 Å². The number of aliphatic hydroxyl groups excluding tert-OH is 1. The molecule has 2 saturated heterocycles. The number of ether oxygens (including phenoxy) is 1. The van der Waals surface area contributed by atoms with Gasteiger partial charge < -0.3 is 15.2 Å². The third-order valence-electron chi connectivity index (χ3n) is 5.26. The quantitative estimate of drug-likeness (QED) is 0.534. The molecule has 2 amide bonds. The Kier molecular flexibility index (Phi) is 4.34. The van der Waals surface area contributed by atoms with Crippen molar-refractivity contribution in [3.63, 3.8) is 0 Å². The van der Waals surface area contributed by atoms with E-state index >= 15 is 0 Å². The molecule has 0 radical (unpaired) electrons. The lowest BCUT2D eigenvalue weighted by Crippen LogP contribution is -2.99. The van der Waals surface area contributed by atoms with Gasteiger partial charge in [-0.3, -0.25) is 14.5 Å². The molecule has 0 spiro atoms. The number of fused-ring (bicyclic) bond motifs is 1. The Bertz CT molecular complexity index is 722. The molecular formula is C17H20FN2O5+. The normalized spacial score (nSPS) is 31.4. The number of quaternary nitrogens is 1. The van der Waals surface area contributed by atoms with Gasteiger partial charge in [-0.15, -0.1) is 0 Å². The van der Waals surface area contributed by atoms with Gasteiger partial charge in [-0.1, -0.05) is 12.1 Å². The van der Waals surface area contributed by atoms with Crippen molar-refractivity contribution in [2.75, 3.05) is 20.3 Å². The number of esters is 1. The molecule has 4 atom stereocenters. The van der Waals surface area contributed by atoms with Crippen molar-refractivity contribution in [2.24, 2.45) is 11.8 Å². The van der Waals surface area contributed by atoms with E-state index in [1.165, 1.54) is 36.7 Å². The number of carbonyl (C=O) groups excluding carboxylic acids is 3. The van der Waals surface area contributed by atoms with Crippen LogP contribution in [-0.4, -0.2) is 53.6 Å². The van der Waals surface area contributed by atoms with Crippen LogP contribution in [0.25, 0.3) is 0 Å². The van der Waals surface area contributed by atoms with Gasteiger partial charge in [0.25, 0.3) is 0 Å². The van der Waals surface area contributed by atoms with Gasteiger partial charge in [0.05, 0.1) is 7.11 Å². The number of nitrogens with zero attached hydrogens (tertiary/aromatic N) is 1. The minimum Gasteiger partial charge on any atom is -0.464 e. The average molecular weight is 351 g/mol. The van der Waals surface area contributed by atoms with Crippen molar-refractivity contribution in [3.8, 4) is 0 Å². The number of likely N-dealkylation sites (tertiary alicyclic amines) is 1. The smallest absolute Gasteiger partial charge is 0.371 e. The van der Waals surface area contributed by atoms with E-state index in [0.29, 0.717) is 5.56 Å². The van der Waals surface area contributed by atoms with Gasteiger partial charge >= 0.3 is 5.97 Å². The Morgan fingerprint density at radius 1 is 1.32 bits per heavy atom. The molecule has 7 nitrogen and oxygen atoms in total. The number of benzene rings is 1. The molecule has 0 aliphatic carbocycles. The van der Waals surface area contributed by atoms with Crippen molar-refractivity contribution in [2.45, 2.75) is 18.5 Å². The van der Waals surface area contributed by atoms with Crippen LogP contribution in [0.2, 0.25) is 0 Å². The summed E-state index contributed by atoms with van der Waals surface area (Å²) in [5, 5.41) is 11.5. The Labute approximate surface area is 143 Å². The van der Waals surface area contributed by atoms with Crippen LogP contribution < -0.4 is 5.32 Å². The fourth-order valence-electron chi connectivity index (χ4n) is 4.08. The van der Waals surface area contributed by atoms with Crippen molar-refractivity contribution in [1.29, 1.82) is 0 Å². The van der Waals surface area contributed by atoms with E-state index in [9.17, 15) is 23.9 Å². The van der Waals surface area contributed by atoms with Crippen LogP contribution >= 0.6 is 0 Å². The molecule has 1 aromatic rings. The minimum atomic E-state index is -1.59. The zero-order valence-electron chi connectivity index (χ0n) is 13.9. The number of nitrogens with two attached hydrogens (primary N) is 1. The Balaban J connectivity index is 2.13. The molecule has 1 aromatic carbocycles. The first-order valence-electron chi connectivity index (χ1n) is 8.07. The second-order valence-electron chi connectivity index (χ2n) is 6.36. The summed E-state index contributed by atoms with van der Waals surface area (Å²) in [6, 6.07) is 4.96. The second kappa shape index (κ2) is 6.20. The lowest BCUT2D eigenvalue weighted by atomic mass is 9.79. The Hall–Kier alpha value is -2.32. The van der Waals surface area contributed by atoms with Crippen molar-refractivity contribution in [1.82, 2.24) is 4.90 Å². The maximum Gasteiger partial charge on any atom is 0.371 e. The number of amides is 2.